The minimum atomic E-state index is -0.938. The average molecular weight is 252 g/mol. The molecule has 1 aromatic heterocycles. The van der Waals surface area contributed by atoms with E-state index in [0.717, 1.165) is 5.69 Å². The molecule has 0 aliphatic rings. The van der Waals surface area contributed by atoms with Gasteiger partial charge in [-0.25, -0.2) is 9.78 Å². The molecule has 0 saturated heterocycles. The highest BCUT2D eigenvalue weighted by molar-refractivity contribution is 5.88. The van der Waals surface area contributed by atoms with E-state index in [9.17, 15) is 4.79 Å². The SMILES string of the molecule is CCOCCNc1cc(C(=O)O)cc(C(C)C)n1. The summed E-state index contributed by atoms with van der Waals surface area (Å²) in [4.78, 5) is 15.4. The number of carbonyl (C=O) groups is 1. The summed E-state index contributed by atoms with van der Waals surface area (Å²) >= 11 is 0. The highest BCUT2D eigenvalue weighted by Crippen LogP contribution is 2.17. The van der Waals surface area contributed by atoms with Crippen molar-refractivity contribution in [1.82, 2.24) is 4.98 Å². The Morgan fingerprint density at radius 1 is 1.50 bits per heavy atom. The maximum atomic E-state index is 11.0. The summed E-state index contributed by atoms with van der Waals surface area (Å²) in [5.41, 5.74) is 1.03. The Kier molecular flexibility index (Phi) is 5.58. The lowest BCUT2D eigenvalue weighted by atomic mass is 10.1. The van der Waals surface area contributed by atoms with Gasteiger partial charge in [0.05, 0.1) is 12.2 Å². The molecule has 0 radical (unpaired) electrons. The maximum Gasteiger partial charge on any atom is 0.335 e. The van der Waals surface area contributed by atoms with Gasteiger partial charge in [-0.15, -0.1) is 0 Å². The van der Waals surface area contributed by atoms with E-state index < -0.39 is 5.97 Å². The van der Waals surface area contributed by atoms with E-state index >= 15 is 0 Å². The monoisotopic (exact) mass is 252 g/mol. The molecule has 0 aliphatic carbocycles. The summed E-state index contributed by atoms with van der Waals surface area (Å²) in [6, 6.07) is 3.15. The number of aromatic nitrogens is 1. The second-order valence-corrected chi connectivity index (χ2v) is 4.25. The Bertz CT molecular complexity index is 405. The topological polar surface area (TPSA) is 71.5 Å². The number of hydrogen-bond donors (Lipinski definition) is 2. The van der Waals surface area contributed by atoms with Gasteiger partial charge in [0.2, 0.25) is 0 Å². The second kappa shape index (κ2) is 6.96. The fraction of sp³-hybridized carbons (Fsp3) is 0.538. The van der Waals surface area contributed by atoms with Crippen LogP contribution in [0.2, 0.25) is 0 Å². The van der Waals surface area contributed by atoms with Gasteiger partial charge in [-0.05, 0) is 25.0 Å². The van der Waals surface area contributed by atoms with Gasteiger partial charge in [0.1, 0.15) is 5.82 Å². The lowest BCUT2D eigenvalue weighted by Gasteiger charge is -2.11. The van der Waals surface area contributed by atoms with Crippen LogP contribution in [0.25, 0.3) is 0 Å². The van der Waals surface area contributed by atoms with Gasteiger partial charge in [-0.3, -0.25) is 0 Å². The van der Waals surface area contributed by atoms with E-state index in [1.54, 1.807) is 12.1 Å². The molecule has 0 aliphatic heterocycles. The van der Waals surface area contributed by atoms with Crippen molar-refractivity contribution in [2.24, 2.45) is 0 Å². The highest BCUT2D eigenvalue weighted by Gasteiger charge is 2.10. The van der Waals surface area contributed by atoms with Crippen LogP contribution in [-0.4, -0.2) is 35.8 Å². The first kappa shape index (κ1) is 14.4. The summed E-state index contributed by atoms with van der Waals surface area (Å²) in [5.74, 6) is -0.165. The van der Waals surface area contributed by atoms with Gasteiger partial charge >= 0.3 is 5.97 Å². The standard InChI is InChI=1S/C13H20N2O3/c1-4-18-6-5-14-12-8-10(13(16)17)7-11(15-12)9(2)3/h7-9H,4-6H2,1-3H3,(H,14,15)(H,16,17). The van der Waals surface area contributed by atoms with Crippen LogP contribution < -0.4 is 5.32 Å². The van der Waals surface area contributed by atoms with Crippen molar-refractivity contribution in [3.8, 4) is 0 Å². The number of hydrogen-bond acceptors (Lipinski definition) is 4. The van der Waals surface area contributed by atoms with Crippen LogP contribution >= 0.6 is 0 Å². The molecule has 0 bridgehead atoms. The van der Waals surface area contributed by atoms with Crippen molar-refractivity contribution in [3.63, 3.8) is 0 Å². The zero-order chi connectivity index (χ0) is 13.5. The number of pyridine rings is 1. The molecule has 5 heteroatoms. The third-order valence-corrected chi connectivity index (χ3v) is 2.44. The number of ether oxygens (including phenoxy) is 1. The molecule has 0 saturated carbocycles. The Balaban J connectivity index is 2.79. The van der Waals surface area contributed by atoms with Gasteiger partial charge in [0.15, 0.2) is 0 Å². The molecule has 0 amide bonds. The van der Waals surface area contributed by atoms with Crippen LogP contribution in [0.5, 0.6) is 0 Å². The zero-order valence-corrected chi connectivity index (χ0v) is 11.1. The van der Waals surface area contributed by atoms with Crippen LogP contribution in [0.4, 0.5) is 5.82 Å². The fourth-order valence-corrected chi connectivity index (χ4v) is 1.46. The second-order valence-electron chi connectivity index (χ2n) is 4.25. The first-order chi connectivity index (χ1) is 8.54. The summed E-state index contributed by atoms with van der Waals surface area (Å²) < 4.78 is 5.20. The molecule has 1 heterocycles. The zero-order valence-electron chi connectivity index (χ0n) is 11.1. The molecule has 1 aromatic rings. The largest absolute Gasteiger partial charge is 0.478 e. The molecule has 1 rings (SSSR count). The van der Waals surface area contributed by atoms with Crippen molar-refractivity contribution in [2.45, 2.75) is 26.7 Å². The molecule has 0 aromatic carbocycles. The third-order valence-electron chi connectivity index (χ3n) is 2.44. The lowest BCUT2D eigenvalue weighted by Crippen LogP contribution is -2.12. The molecule has 100 valence electrons. The Hall–Kier alpha value is -1.62. The Labute approximate surface area is 107 Å². The molecule has 0 unspecified atom stereocenters. The first-order valence-corrected chi connectivity index (χ1v) is 6.11. The number of rotatable bonds is 7. The molecule has 18 heavy (non-hydrogen) atoms. The first-order valence-electron chi connectivity index (χ1n) is 6.11. The van der Waals surface area contributed by atoms with Gasteiger partial charge in [-0.1, -0.05) is 13.8 Å². The van der Waals surface area contributed by atoms with Crippen LogP contribution in [-0.2, 0) is 4.74 Å². The molecular formula is C13H20N2O3. The number of nitrogens with one attached hydrogen (secondary N) is 1. The van der Waals surface area contributed by atoms with Crippen molar-refractivity contribution in [1.29, 1.82) is 0 Å². The van der Waals surface area contributed by atoms with Crippen molar-refractivity contribution in [3.05, 3.63) is 23.4 Å². The van der Waals surface area contributed by atoms with E-state index in [1.807, 2.05) is 20.8 Å². The Morgan fingerprint density at radius 3 is 2.78 bits per heavy atom. The van der Waals surface area contributed by atoms with Crippen LogP contribution in [0.1, 0.15) is 42.7 Å². The van der Waals surface area contributed by atoms with Crippen molar-refractivity contribution < 1.29 is 14.6 Å². The van der Waals surface area contributed by atoms with E-state index in [2.05, 4.69) is 10.3 Å². The molecule has 0 spiro atoms. The smallest absolute Gasteiger partial charge is 0.335 e. The number of aromatic carboxylic acids is 1. The average Bonchev–Trinajstić information content (AvgIpc) is 2.34. The minimum absolute atomic E-state index is 0.191. The molecule has 2 N–H and O–H groups in total. The van der Waals surface area contributed by atoms with Crippen molar-refractivity contribution in [2.75, 3.05) is 25.1 Å². The van der Waals surface area contributed by atoms with E-state index in [-0.39, 0.29) is 11.5 Å². The van der Waals surface area contributed by atoms with Crippen LogP contribution in [0.3, 0.4) is 0 Å². The predicted octanol–water partition coefficient (Wildman–Crippen LogP) is 2.35. The van der Waals surface area contributed by atoms with Crippen LogP contribution in [0.15, 0.2) is 12.1 Å². The van der Waals surface area contributed by atoms with E-state index in [0.29, 0.717) is 25.6 Å². The lowest BCUT2D eigenvalue weighted by molar-refractivity contribution is 0.0696. The van der Waals surface area contributed by atoms with E-state index in [1.165, 1.54) is 0 Å². The van der Waals surface area contributed by atoms with Gasteiger partial charge in [0.25, 0.3) is 0 Å². The van der Waals surface area contributed by atoms with Gasteiger partial charge in [-0.2, -0.15) is 0 Å². The Morgan fingerprint density at radius 2 is 2.22 bits per heavy atom. The number of carboxylic acid groups (broad SMARTS) is 1. The molecule has 0 atom stereocenters. The number of anilines is 1. The fourth-order valence-electron chi connectivity index (χ4n) is 1.46. The molecular weight excluding hydrogens is 232 g/mol. The van der Waals surface area contributed by atoms with Crippen LogP contribution in [0, 0.1) is 0 Å². The summed E-state index contributed by atoms with van der Waals surface area (Å²) in [7, 11) is 0. The normalized spacial score (nSPS) is 10.7. The highest BCUT2D eigenvalue weighted by atomic mass is 16.5. The number of nitrogens with zero attached hydrogens (tertiary/aromatic N) is 1. The quantitative estimate of drug-likeness (QED) is 0.729. The van der Waals surface area contributed by atoms with Crippen molar-refractivity contribution >= 4 is 11.8 Å². The summed E-state index contributed by atoms with van der Waals surface area (Å²) in [6.07, 6.45) is 0. The third kappa shape index (κ3) is 4.33. The number of carboxylic acids is 1. The minimum Gasteiger partial charge on any atom is -0.478 e. The van der Waals surface area contributed by atoms with Gasteiger partial charge in [0, 0.05) is 18.8 Å². The summed E-state index contributed by atoms with van der Waals surface area (Å²) in [5, 5.41) is 12.1. The van der Waals surface area contributed by atoms with Gasteiger partial charge < -0.3 is 15.2 Å². The van der Waals surface area contributed by atoms with E-state index in [4.69, 9.17) is 9.84 Å². The maximum absolute atomic E-state index is 11.0. The summed E-state index contributed by atoms with van der Waals surface area (Å²) in [6.45, 7) is 7.76. The molecule has 5 nitrogen and oxygen atoms in total. The molecule has 0 fully saturated rings. The predicted molar refractivity (Wildman–Crippen MR) is 70.3 cm³/mol.